The number of rotatable bonds is 0. The molecule has 0 aromatic carbocycles. The summed E-state index contributed by atoms with van der Waals surface area (Å²) < 4.78 is 1.67. The summed E-state index contributed by atoms with van der Waals surface area (Å²) in [6, 6.07) is 1.55. The first kappa shape index (κ1) is 7.09. The van der Waals surface area contributed by atoms with Crippen molar-refractivity contribution in [2.45, 2.75) is 13.8 Å². The Morgan fingerprint density at radius 2 is 2.25 bits per heavy atom. The van der Waals surface area contributed by atoms with E-state index in [4.69, 9.17) is 0 Å². The Morgan fingerprint density at radius 1 is 1.50 bits per heavy atom. The van der Waals surface area contributed by atoms with Crippen molar-refractivity contribution in [2.75, 3.05) is 0 Å². The molecule has 0 amide bonds. The second kappa shape index (κ2) is 2.20. The third kappa shape index (κ3) is 0.922. The number of hydrogen-bond donors (Lipinski definition) is 1. The number of H-pyrrole nitrogens is 1. The first-order valence-corrected chi connectivity index (χ1v) is 3.73. The number of aromatic nitrogens is 3. The van der Waals surface area contributed by atoms with Crippen LogP contribution in [0.2, 0.25) is 0 Å². The van der Waals surface area contributed by atoms with Crippen LogP contribution >= 0.6 is 0 Å². The van der Waals surface area contributed by atoms with Crippen LogP contribution in [-0.4, -0.2) is 14.6 Å². The third-order valence-corrected chi connectivity index (χ3v) is 1.77. The topological polar surface area (TPSA) is 50.2 Å². The van der Waals surface area contributed by atoms with Gasteiger partial charge < -0.3 is 4.98 Å². The maximum Gasteiger partial charge on any atom is 0.205 e. The van der Waals surface area contributed by atoms with Crippen LogP contribution in [0.1, 0.15) is 11.4 Å². The maximum atomic E-state index is 11.1. The lowest BCUT2D eigenvalue weighted by Gasteiger charge is -1.91. The summed E-state index contributed by atoms with van der Waals surface area (Å²) in [7, 11) is 0. The normalized spacial score (nSPS) is 10.8. The van der Waals surface area contributed by atoms with Gasteiger partial charge in [0, 0.05) is 18.0 Å². The standard InChI is InChI=1S/C8H9N3O/c1-5-4-11-8(9-5)3-7(12)6(2)10-11/h3-4,9H,1-2H3. The van der Waals surface area contributed by atoms with Crippen LogP contribution in [0.4, 0.5) is 0 Å². The number of aromatic amines is 1. The second-order valence-electron chi connectivity index (χ2n) is 2.86. The van der Waals surface area contributed by atoms with E-state index < -0.39 is 0 Å². The molecule has 4 heteroatoms. The molecular formula is C8H9N3O. The molecule has 2 rings (SSSR count). The third-order valence-electron chi connectivity index (χ3n) is 1.77. The molecule has 0 atom stereocenters. The predicted octanol–water partition coefficient (Wildman–Crippen LogP) is 0.639. The van der Waals surface area contributed by atoms with Gasteiger partial charge in [0.05, 0.1) is 0 Å². The summed E-state index contributed by atoms with van der Waals surface area (Å²) in [5.41, 5.74) is 2.22. The first-order chi connectivity index (χ1) is 5.66. The molecule has 1 N–H and O–H groups in total. The van der Waals surface area contributed by atoms with Crippen LogP contribution in [0.5, 0.6) is 0 Å². The Labute approximate surface area is 68.8 Å². The lowest BCUT2D eigenvalue weighted by molar-refractivity contribution is 0.889. The number of fused-ring (bicyclic) bond motifs is 1. The molecule has 0 bridgehead atoms. The van der Waals surface area contributed by atoms with E-state index in [1.165, 1.54) is 0 Å². The van der Waals surface area contributed by atoms with Crippen molar-refractivity contribution in [3.63, 3.8) is 0 Å². The van der Waals surface area contributed by atoms with Crippen molar-refractivity contribution in [3.8, 4) is 0 Å². The average Bonchev–Trinajstić information content (AvgIpc) is 2.30. The average molecular weight is 163 g/mol. The van der Waals surface area contributed by atoms with Gasteiger partial charge in [-0.05, 0) is 13.8 Å². The van der Waals surface area contributed by atoms with Gasteiger partial charge in [-0.3, -0.25) is 4.79 Å². The molecule has 0 radical (unpaired) electrons. The minimum Gasteiger partial charge on any atom is -0.342 e. The van der Waals surface area contributed by atoms with E-state index in [9.17, 15) is 4.79 Å². The molecule has 0 spiro atoms. The number of imidazole rings is 1. The monoisotopic (exact) mass is 163 g/mol. The van der Waals surface area contributed by atoms with Crippen LogP contribution in [0.15, 0.2) is 17.1 Å². The van der Waals surface area contributed by atoms with Crippen molar-refractivity contribution in [1.29, 1.82) is 0 Å². The highest BCUT2D eigenvalue weighted by atomic mass is 16.1. The van der Waals surface area contributed by atoms with Gasteiger partial charge in [0.25, 0.3) is 0 Å². The van der Waals surface area contributed by atoms with Crippen LogP contribution in [0, 0.1) is 13.8 Å². The number of aryl methyl sites for hydroxylation is 2. The molecule has 0 fully saturated rings. The van der Waals surface area contributed by atoms with E-state index >= 15 is 0 Å². The van der Waals surface area contributed by atoms with Gasteiger partial charge in [-0.2, -0.15) is 5.10 Å². The number of nitrogens with zero attached hydrogens (tertiary/aromatic N) is 2. The highest BCUT2D eigenvalue weighted by Crippen LogP contribution is 1.98. The van der Waals surface area contributed by atoms with Gasteiger partial charge >= 0.3 is 0 Å². The lowest BCUT2D eigenvalue weighted by atomic mass is 10.4. The Balaban J connectivity index is 2.92. The fraction of sp³-hybridized carbons (Fsp3) is 0.250. The second-order valence-corrected chi connectivity index (χ2v) is 2.86. The van der Waals surface area contributed by atoms with E-state index in [1.54, 1.807) is 17.5 Å². The molecule has 0 aliphatic heterocycles. The summed E-state index contributed by atoms with van der Waals surface area (Å²) in [6.07, 6.45) is 1.85. The van der Waals surface area contributed by atoms with Crippen molar-refractivity contribution >= 4 is 5.65 Å². The van der Waals surface area contributed by atoms with Gasteiger partial charge in [0.1, 0.15) is 11.3 Å². The van der Waals surface area contributed by atoms with E-state index in [2.05, 4.69) is 10.1 Å². The minimum absolute atomic E-state index is 0.0307. The fourth-order valence-electron chi connectivity index (χ4n) is 1.17. The molecule has 2 aromatic rings. The largest absolute Gasteiger partial charge is 0.342 e. The molecule has 0 aliphatic carbocycles. The van der Waals surface area contributed by atoms with Crippen LogP contribution in [-0.2, 0) is 0 Å². The Bertz CT molecular complexity index is 480. The summed E-state index contributed by atoms with van der Waals surface area (Å²) in [5.74, 6) is 0. The minimum atomic E-state index is -0.0307. The molecular weight excluding hydrogens is 154 g/mol. The highest BCUT2D eigenvalue weighted by Gasteiger charge is 1.99. The predicted molar refractivity (Wildman–Crippen MR) is 45.3 cm³/mol. The van der Waals surface area contributed by atoms with E-state index in [1.807, 2.05) is 13.1 Å². The Kier molecular flexibility index (Phi) is 1.30. The van der Waals surface area contributed by atoms with Gasteiger partial charge in [-0.25, -0.2) is 4.52 Å². The molecule has 2 heterocycles. The van der Waals surface area contributed by atoms with Gasteiger partial charge in [0.2, 0.25) is 5.43 Å². The quantitative estimate of drug-likeness (QED) is 0.619. The molecule has 0 saturated heterocycles. The zero-order valence-corrected chi connectivity index (χ0v) is 6.96. The number of nitrogens with one attached hydrogen (secondary N) is 1. The zero-order valence-electron chi connectivity index (χ0n) is 6.96. The van der Waals surface area contributed by atoms with Crippen molar-refractivity contribution in [1.82, 2.24) is 14.6 Å². The van der Waals surface area contributed by atoms with Gasteiger partial charge in [0.15, 0.2) is 0 Å². The van der Waals surface area contributed by atoms with E-state index in [-0.39, 0.29) is 5.43 Å². The SMILES string of the molecule is Cc1cn2nc(C)c(=O)cc2[nH]1. The van der Waals surface area contributed by atoms with Crippen molar-refractivity contribution in [3.05, 3.63) is 33.9 Å². The fourth-order valence-corrected chi connectivity index (χ4v) is 1.17. The summed E-state index contributed by atoms with van der Waals surface area (Å²) >= 11 is 0. The molecule has 0 aliphatic rings. The molecule has 4 nitrogen and oxygen atoms in total. The summed E-state index contributed by atoms with van der Waals surface area (Å²) in [5, 5.41) is 4.07. The van der Waals surface area contributed by atoms with Crippen LogP contribution in [0.3, 0.4) is 0 Å². The highest BCUT2D eigenvalue weighted by molar-refractivity contribution is 5.38. The smallest absolute Gasteiger partial charge is 0.205 e. The van der Waals surface area contributed by atoms with E-state index in [0.29, 0.717) is 5.69 Å². The first-order valence-electron chi connectivity index (χ1n) is 3.73. The summed E-state index contributed by atoms with van der Waals surface area (Å²) in [4.78, 5) is 14.2. The van der Waals surface area contributed by atoms with Gasteiger partial charge in [-0.1, -0.05) is 0 Å². The molecule has 0 saturated carbocycles. The van der Waals surface area contributed by atoms with Crippen molar-refractivity contribution in [2.24, 2.45) is 0 Å². The van der Waals surface area contributed by atoms with Gasteiger partial charge in [-0.15, -0.1) is 0 Å². The molecule has 12 heavy (non-hydrogen) atoms. The molecule has 2 aromatic heterocycles. The molecule has 0 unspecified atom stereocenters. The summed E-state index contributed by atoms with van der Waals surface area (Å²) in [6.45, 7) is 3.63. The van der Waals surface area contributed by atoms with E-state index in [0.717, 1.165) is 11.3 Å². The number of hydrogen-bond acceptors (Lipinski definition) is 2. The maximum absolute atomic E-state index is 11.1. The Morgan fingerprint density at radius 3 is 3.00 bits per heavy atom. The van der Waals surface area contributed by atoms with Crippen LogP contribution < -0.4 is 5.43 Å². The van der Waals surface area contributed by atoms with Crippen LogP contribution in [0.25, 0.3) is 5.65 Å². The lowest BCUT2D eigenvalue weighted by Crippen LogP contribution is -2.09. The zero-order chi connectivity index (χ0) is 8.72. The van der Waals surface area contributed by atoms with Crippen molar-refractivity contribution < 1.29 is 0 Å². The Hall–Kier alpha value is -1.58. The molecule has 62 valence electrons.